The SMILES string of the molecule is CCCOc1cccc([C@H]2/C(=C(\O)c3ccc4c(c3)C[C@H](C)O4)C(=O)C(=O)N2CCCOC)c1. The van der Waals surface area contributed by atoms with Crippen molar-refractivity contribution >= 4 is 17.4 Å². The van der Waals surface area contributed by atoms with Gasteiger partial charge in [-0.1, -0.05) is 19.1 Å². The van der Waals surface area contributed by atoms with E-state index in [0.717, 1.165) is 24.2 Å². The van der Waals surface area contributed by atoms with Crippen LogP contribution in [-0.2, 0) is 20.7 Å². The van der Waals surface area contributed by atoms with Gasteiger partial charge >= 0.3 is 0 Å². The first-order chi connectivity index (χ1) is 16.4. The number of benzene rings is 2. The Morgan fingerprint density at radius 2 is 2.00 bits per heavy atom. The maximum atomic E-state index is 13.2. The molecule has 1 N–H and O–H groups in total. The molecule has 0 bridgehead atoms. The number of aliphatic hydroxyl groups excluding tert-OH is 1. The molecule has 0 saturated carbocycles. The summed E-state index contributed by atoms with van der Waals surface area (Å²) in [5, 5.41) is 11.3. The van der Waals surface area contributed by atoms with Crippen molar-refractivity contribution in [2.75, 3.05) is 26.9 Å². The highest BCUT2D eigenvalue weighted by atomic mass is 16.5. The summed E-state index contributed by atoms with van der Waals surface area (Å²) < 4.78 is 16.7. The molecule has 7 heteroatoms. The molecule has 1 fully saturated rings. The summed E-state index contributed by atoms with van der Waals surface area (Å²) >= 11 is 0. The fourth-order valence-electron chi connectivity index (χ4n) is 4.56. The zero-order chi connectivity index (χ0) is 24.2. The van der Waals surface area contributed by atoms with Crippen LogP contribution in [0.3, 0.4) is 0 Å². The number of fused-ring (bicyclic) bond motifs is 1. The number of hydrogen-bond acceptors (Lipinski definition) is 6. The molecular formula is C27H31NO6. The predicted molar refractivity (Wildman–Crippen MR) is 128 cm³/mol. The van der Waals surface area contributed by atoms with Crippen LogP contribution in [-0.4, -0.2) is 54.7 Å². The van der Waals surface area contributed by atoms with Gasteiger partial charge in [0.05, 0.1) is 18.2 Å². The number of methoxy groups -OCH3 is 1. The number of nitrogens with zero attached hydrogens (tertiary/aromatic N) is 1. The highest BCUT2D eigenvalue weighted by molar-refractivity contribution is 6.46. The van der Waals surface area contributed by atoms with Gasteiger partial charge in [0, 0.05) is 32.2 Å². The van der Waals surface area contributed by atoms with E-state index in [1.54, 1.807) is 19.2 Å². The minimum atomic E-state index is -0.717. The van der Waals surface area contributed by atoms with Gasteiger partial charge in [0.2, 0.25) is 0 Å². The molecule has 0 aromatic heterocycles. The molecule has 2 aliphatic rings. The second-order valence-electron chi connectivity index (χ2n) is 8.71. The average Bonchev–Trinajstić information content (AvgIpc) is 3.33. The van der Waals surface area contributed by atoms with Crippen LogP contribution in [0.5, 0.6) is 11.5 Å². The third-order valence-corrected chi connectivity index (χ3v) is 6.10. The van der Waals surface area contributed by atoms with E-state index in [1.165, 1.54) is 4.90 Å². The lowest BCUT2D eigenvalue weighted by atomic mass is 9.94. The van der Waals surface area contributed by atoms with E-state index in [9.17, 15) is 14.7 Å². The fraction of sp³-hybridized carbons (Fsp3) is 0.407. The third-order valence-electron chi connectivity index (χ3n) is 6.10. The molecule has 2 aliphatic heterocycles. The molecule has 1 saturated heterocycles. The Morgan fingerprint density at radius 3 is 2.76 bits per heavy atom. The summed E-state index contributed by atoms with van der Waals surface area (Å²) in [7, 11) is 1.60. The van der Waals surface area contributed by atoms with Crippen molar-refractivity contribution in [1.82, 2.24) is 4.90 Å². The molecule has 1 amide bonds. The molecule has 34 heavy (non-hydrogen) atoms. The van der Waals surface area contributed by atoms with E-state index in [-0.39, 0.29) is 17.4 Å². The van der Waals surface area contributed by atoms with Crippen molar-refractivity contribution in [3.63, 3.8) is 0 Å². The van der Waals surface area contributed by atoms with Crippen LogP contribution in [0.15, 0.2) is 48.0 Å². The van der Waals surface area contributed by atoms with Crippen molar-refractivity contribution < 1.29 is 28.9 Å². The summed E-state index contributed by atoms with van der Waals surface area (Å²) in [6.07, 6.45) is 2.22. The minimum Gasteiger partial charge on any atom is -0.507 e. The van der Waals surface area contributed by atoms with Crippen LogP contribution < -0.4 is 9.47 Å². The Morgan fingerprint density at radius 1 is 1.18 bits per heavy atom. The van der Waals surface area contributed by atoms with Crippen LogP contribution in [0, 0.1) is 0 Å². The van der Waals surface area contributed by atoms with E-state index in [2.05, 4.69) is 0 Å². The second kappa shape index (κ2) is 10.3. The van der Waals surface area contributed by atoms with Gasteiger partial charge in [-0.15, -0.1) is 0 Å². The summed E-state index contributed by atoms with van der Waals surface area (Å²) in [6, 6.07) is 12.0. The van der Waals surface area contributed by atoms with Gasteiger partial charge in [0.1, 0.15) is 23.4 Å². The van der Waals surface area contributed by atoms with Gasteiger partial charge in [0.25, 0.3) is 11.7 Å². The molecule has 180 valence electrons. The van der Waals surface area contributed by atoms with Gasteiger partial charge in [0.15, 0.2) is 0 Å². The summed E-state index contributed by atoms with van der Waals surface area (Å²) in [4.78, 5) is 27.8. The molecule has 0 unspecified atom stereocenters. The number of carbonyl (C=O) groups is 2. The summed E-state index contributed by atoms with van der Waals surface area (Å²) in [6.45, 7) is 5.36. The molecule has 0 radical (unpaired) electrons. The second-order valence-corrected chi connectivity index (χ2v) is 8.71. The van der Waals surface area contributed by atoms with Gasteiger partial charge in [-0.2, -0.15) is 0 Å². The van der Waals surface area contributed by atoms with Crippen LogP contribution >= 0.6 is 0 Å². The summed E-state index contributed by atoms with van der Waals surface area (Å²) in [5.74, 6) is -0.0581. The van der Waals surface area contributed by atoms with Crippen LogP contribution in [0.4, 0.5) is 0 Å². The van der Waals surface area contributed by atoms with E-state index >= 15 is 0 Å². The van der Waals surface area contributed by atoms with Gasteiger partial charge in [-0.25, -0.2) is 0 Å². The molecule has 2 aromatic rings. The molecule has 4 rings (SSSR count). The van der Waals surface area contributed by atoms with Crippen LogP contribution in [0.1, 0.15) is 49.4 Å². The molecule has 0 spiro atoms. The zero-order valence-electron chi connectivity index (χ0n) is 19.9. The first-order valence-corrected chi connectivity index (χ1v) is 11.7. The van der Waals surface area contributed by atoms with Crippen molar-refractivity contribution in [3.05, 3.63) is 64.7 Å². The molecule has 7 nitrogen and oxygen atoms in total. The number of ketones is 1. The first kappa shape index (κ1) is 23.8. The van der Waals surface area contributed by atoms with Gasteiger partial charge < -0.3 is 24.2 Å². The smallest absolute Gasteiger partial charge is 0.295 e. The third kappa shape index (κ3) is 4.66. The topological polar surface area (TPSA) is 85.3 Å². The molecule has 2 heterocycles. The first-order valence-electron chi connectivity index (χ1n) is 11.7. The fourth-order valence-corrected chi connectivity index (χ4v) is 4.56. The van der Waals surface area contributed by atoms with Crippen LogP contribution in [0.2, 0.25) is 0 Å². The number of likely N-dealkylation sites (tertiary alicyclic amines) is 1. The van der Waals surface area contributed by atoms with E-state index in [0.29, 0.717) is 43.1 Å². The normalized spacial score (nSPS) is 21.0. The number of amides is 1. The summed E-state index contributed by atoms with van der Waals surface area (Å²) in [5.41, 5.74) is 2.26. The molecular weight excluding hydrogens is 434 g/mol. The Bertz CT molecular complexity index is 1110. The highest BCUT2D eigenvalue weighted by Gasteiger charge is 2.46. The lowest BCUT2D eigenvalue weighted by Gasteiger charge is -2.25. The number of ether oxygens (including phenoxy) is 3. The maximum Gasteiger partial charge on any atom is 0.295 e. The number of carbonyl (C=O) groups excluding carboxylic acids is 2. The van der Waals surface area contributed by atoms with E-state index in [1.807, 2.05) is 44.2 Å². The molecule has 2 aromatic carbocycles. The largest absolute Gasteiger partial charge is 0.507 e. The maximum absolute atomic E-state index is 13.2. The van der Waals surface area contributed by atoms with Crippen molar-refractivity contribution in [2.45, 2.75) is 45.3 Å². The van der Waals surface area contributed by atoms with Crippen molar-refractivity contribution in [2.24, 2.45) is 0 Å². The number of aliphatic hydroxyl groups is 1. The molecule has 0 aliphatic carbocycles. The van der Waals surface area contributed by atoms with Gasteiger partial charge in [-0.05, 0) is 61.2 Å². The number of Topliss-reactive ketones (excluding diaryl/α,β-unsaturated/α-hetero) is 1. The Kier molecular flexibility index (Phi) is 7.22. The monoisotopic (exact) mass is 465 g/mol. The Labute approximate surface area is 199 Å². The Hall–Kier alpha value is -3.32. The highest BCUT2D eigenvalue weighted by Crippen LogP contribution is 2.41. The lowest BCUT2D eigenvalue weighted by molar-refractivity contribution is -0.140. The van der Waals surface area contributed by atoms with Crippen LogP contribution in [0.25, 0.3) is 5.76 Å². The number of hydrogen-bond donors (Lipinski definition) is 1. The van der Waals surface area contributed by atoms with E-state index in [4.69, 9.17) is 14.2 Å². The minimum absolute atomic E-state index is 0.0598. The quantitative estimate of drug-likeness (QED) is 0.258. The predicted octanol–water partition coefficient (Wildman–Crippen LogP) is 4.26. The Balaban J connectivity index is 1.78. The molecule has 2 atom stereocenters. The average molecular weight is 466 g/mol. The van der Waals surface area contributed by atoms with E-state index < -0.39 is 17.7 Å². The van der Waals surface area contributed by atoms with Crippen molar-refractivity contribution in [3.8, 4) is 11.5 Å². The van der Waals surface area contributed by atoms with Crippen molar-refractivity contribution in [1.29, 1.82) is 0 Å². The zero-order valence-corrected chi connectivity index (χ0v) is 19.9. The standard InChI is InChI=1S/C27H31NO6/c1-4-12-33-21-8-5-7-18(16-21)24-23(26(30)27(31)28(24)11-6-13-32-3)25(29)19-9-10-22-20(15-19)14-17(2)34-22/h5,7-10,15-17,24,29H,4,6,11-14H2,1-3H3/b25-23+/t17-,24-/m0/s1. The van der Waals surface area contributed by atoms with Gasteiger partial charge in [-0.3, -0.25) is 9.59 Å². The lowest BCUT2D eigenvalue weighted by Crippen LogP contribution is -2.31. The number of rotatable bonds is 9.